The molecule has 0 radical (unpaired) electrons. The van der Waals surface area contributed by atoms with Crippen molar-refractivity contribution < 1.29 is 38.1 Å². The molecule has 2 aliphatic rings. The molecule has 1 heterocycles. The zero-order valence-corrected chi connectivity index (χ0v) is 15.1. The summed E-state index contributed by atoms with van der Waals surface area (Å²) in [6, 6.07) is 0. The lowest BCUT2D eigenvalue weighted by molar-refractivity contribution is -0.163. The normalized spacial score (nSPS) is 28.4. The summed E-state index contributed by atoms with van der Waals surface area (Å²) in [7, 11) is 0. The van der Waals surface area contributed by atoms with Crippen LogP contribution in [0.3, 0.4) is 0 Å². The van der Waals surface area contributed by atoms with Gasteiger partial charge in [-0.25, -0.2) is 0 Å². The van der Waals surface area contributed by atoms with Gasteiger partial charge in [-0.1, -0.05) is 12.8 Å². The Balaban J connectivity index is 1.88. The highest BCUT2D eigenvalue weighted by atomic mass is 16.6. The lowest BCUT2D eigenvalue weighted by Crippen LogP contribution is -2.35. The number of carbonyl (C=O) groups excluding carboxylic acids is 3. The first-order chi connectivity index (χ1) is 12.7. The van der Waals surface area contributed by atoms with Gasteiger partial charge in [0.15, 0.2) is 0 Å². The van der Waals surface area contributed by atoms with E-state index in [0.29, 0.717) is 39.1 Å². The Labute approximate surface area is 153 Å². The Morgan fingerprint density at radius 1 is 0.577 bits per heavy atom. The van der Waals surface area contributed by atoms with Crippen molar-refractivity contribution in [1.82, 2.24) is 0 Å². The van der Waals surface area contributed by atoms with Crippen molar-refractivity contribution in [2.75, 3.05) is 46.2 Å². The van der Waals surface area contributed by atoms with Crippen LogP contribution in [0.15, 0.2) is 0 Å². The van der Waals surface area contributed by atoms with Crippen LogP contribution < -0.4 is 0 Å². The van der Waals surface area contributed by atoms with Crippen molar-refractivity contribution in [3.05, 3.63) is 0 Å². The van der Waals surface area contributed by atoms with Crippen molar-refractivity contribution in [2.24, 2.45) is 11.8 Å². The molecule has 0 unspecified atom stereocenters. The minimum atomic E-state index is -0.473. The van der Waals surface area contributed by atoms with E-state index in [0.717, 1.165) is 12.8 Å². The molecule has 2 rings (SSSR count). The predicted molar refractivity (Wildman–Crippen MR) is 89.2 cm³/mol. The highest BCUT2D eigenvalue weighted by Gasteiger charge is 2.37. The second kappa shape index (κ2) is 11.9. The molecule has 1 aliphatic heterocycles. The van der Waals surface area contributed by atoms with E-state index < -0.39 is 11.8 Å². The lowest BCUT2D eigenvalue weighted by Gasteiger charge is -2.28. The highest BCUT2D eigenvalue weighted by Crippen LogP contribution is 2.32. The Morgan fingerprint density at radius 3 is 1.69 bits per heavy atom. The van der Waals surface area contributed by atoms with Crippen LogP contribution in [0.2, 0.25) is 0 Å². The molecule has 8 heteroatoms. The van der Waals surface area contributed by atoms with E-state index in [2.05, 4.69) is 0 Å². The molecule has 0 spiro atoms. The van der Waals surface area contributed by atoms with Crippen LogP contribution in [0.4, 0.5) is 0 Å². The van der Waals surface area contributed by atoms with Gasteiger partial charge in [0.1, 0.15) is 13.2 Å². The minimum Gasteiger partial charge on any atom is -0.465 e. The molecule has 8 nitrogen and oxygen atoms in total. The van der Waals surface area contributed by atoms with Crippen LogP contribution >= 0.6 is 0 Å². The average molecular weight is 372 g/mol. The summed E-state index contributed by atoms with van der Waals surface area (Å²) in [6.07, 6.45) is 3.59. The van der Waals surface area contributed by atoms with Crippen LogP contribution in [0.25, 0.3) is 0 Å². The summed E-state index contributed by atoms with van der Waals surface area (Å²) in [5, 5.41) is 0. The maximum absolute atomic E-state index is 12.3. The molecular weight excluding hydrogens is 344 g/mol. The molecule has 2 fully saturated rings. The summed E-state index contributed by atoms with van der Waals surface area (Å²) in [5.41, 5.74) is 0. The van der Waals surface area contributed by atoms with Gasteiger partial charge in [-0.3, -0.25) is 14.4 Å². The first kappa shape index (κ1) is 20.6. The molecule has 1 saturated carbocycles. The van der Waals surface area contributed by atoms with Crippen molar-refractivity contribution in [3.63, 3.8) is 0 Å². The second-order valence-corrected chi connectivity index (χ2v) is 6.38. The fourth-order valence-electron chi connectivity index (χ4n) is 3.11. The number of cyclic esters (lactones) is 3. The van der Waals surface area contributed by atoms with Crippen LogP contribution in [0, 0.1) is 11.8 Å². The van der Waals surface area contributed by atoms with Crippen LogP contribution in [-0.2, 0) is 38.1 Å². The van der Waals surface area contributed by atoms with Crippen LogP contribution in [0.1, 0.15) is 38.5 Å². The van der Waals surface area contributed by atoms with E-state index >= 15 is 0 Å². The molecule has 0 N–H and O–H groups in total. The maximum atomic E-state index is 12.3. The number of esters is 3. The first-order valence-corrected chi connectivity index (χ1v) is 9.33. The molecule has 148 valence electrons. The van der Waals surface area contributed by atoms with E-state index in [9.17, 15) is 14.4 Å². The molecule has 2 atom stereocenters. The number of fused-ring (bicyclic) bond motifs is 1. The number of carbonyl (C=O) groups is 3. The molecule has 0 aromatic heterocycles. The standard InChI is InChI=1S/C18H28O8/c19-16-6-3-7-25-17(20)14-4-1-2-5-15(14)18(21)26-13-11-23-9-8-22-10-12-24-16/h14-15H,1-13H2/t14-,15+/m1/s1. The van der Waals surface area contributed by atoms with E-state index in [1.165, 1.54) is 0 Å². The van der Waals surface area contributed by atoms with Gasteiger partial charge >= 0.3 is 17.9 Å². The van der Waals surface area contributed by atoms with Crippen molar-refractivity contribution in [2.45, 2.75) is 38.5 Å². The number of hydrogen-bond donors (Lipinski definition) is 0. The van der Waals surface area contributed by atoms with E-state index in [1.54, 1.807) is 0 Å². The Kier molecular flexibility index (Phi) is 9.41. The smallest absolute Gasteiger partial charge is 0.309 e. The van der Waals surface area contributed by atoms with Gasteiger partial charge in [-0.2, -0.15) is 0 Å². The van der Waals surface area contributed by atoms with Crippen molar-refractivity contribution in [3.8, 4) is 0 Å². The topological polar surface area (TPSA) is 97.4 Å². The fraction of sp³-hybridized carbons (Fsp3) is 0.833. The average Bonchev–Trinajstić information content (AvgIpc) is 2.65. The molecule has 0 bridgehead atoms. The highest BCUT2D eigenvalue weighted by molar-refractivity contribution is 5.82. The summed E-state index contributed by atoms with van der Waals surface area (Å²) in [6.45, 7) is 1.77. The largest absolute Gasteiger partial charge is 0.465 e. The van der Waals surface area contributed by atoms with E-state index in [1.807, 2.05) is 0 Å². The number of rotatable bonds is 0. The summed E-state index contributed by atoms with van der Waals surface area (Å²) >= 11 is 0. The molecule has 1 aliphatic carbocycles. The van der Waals surface area contributed by atoms with Gasteiger partial charge in [0.25, 0.3) is 0 Å². The van der Waals surface area contributed by atoms with Crippen molar-refractivity contribution in [1.29, 1.82) is 0 Å². The van der Waals surface area contributed by atoms with Gasteiger partial charge in [0.2, 0.25) is 0 Å². The first-order valence-electron chi connectivity index (χ1n) is 9.33. The molecule has 1 saturated heterocycles. The van der Waals surface area contributed by atoms with E-state index in [4.69, 9.17) is 23.7 Å². The molecular formula is C18H28O8. The van der Waals surface area contributed by atoms with Crippen molar-refractivity contribution >= 4 is 17.9 Å². The van der Waals surface area contributed by atoms with Gasteiger partial charge < -0.3 is 23.7 Å². The minimum absolute atomic E-state index is 0.135. The Morgan fingerprint density at radius 2 is 1.08 bits per heavy atom. The van der Waals surface area contributed by atoms with Gasteiger partial charge in [0.05, 0.1) is 44.9 Å². The monoisotopic (exact) mass is 372 g/mol. The summed E-state index contributed by atoms with van der Waals surface area (Å²) in [5.74, 6) is -2.04. The summed E-state index contributed by atoms with van der Waals surface area (Å²) in [4.78, 5) is 36.2. The molecule has 0 amide bonds. The second-order valence-electron chi connectivity index (χ2n) is 6.38. The zero-order chi connectivity index (χ0) is 18.6. The molecule has 0 aromatic rings. The van der Waals surface area contributed by atoms with Crippen LogP contribution in [-0.4, -0.2) is 64.2 Å². The fourth-order valence-corrected chi connectivity index (χ4v) is 3.11. The molecule has 0 aromatic carbocycles. The van der Waals surface area contributed by atoms with Gasteiger partial charge in [-0.15, -0.1) is 0 Å². The maximum Gasteiger partial charge on any atom is 0.309 e. The number of hydrogen-bond acceptors (Lipinski definition) is 8. The Bertz CT molecular complexity index is 464. The van der Waals surface area contributed by atoms with Gasteiger partial charge in [0, 0.05) is 6.42 Å². The van der Waals surface area contributed by atoms with Crippen LogP contribution in [0.5, 0.6) is 0 Å². The summed E-state index contributed by atoms with van der Waals surface area (Å²) < 4.78 is 26.2. The van der Waals surface area contributed by atoms with E-state index in [-0.39, 0.29) is 50.8 Å². The zero-order valence-electron chi connectivity index (χ0n) is 15.1. The van der Waals surface area contributed by atoms with Gasteiger partial charge in [-0.05, 0) is 19.3 Å². The predicted octanol–water partition coefficient (Wildman–Crippen LogP) is 1.25. The lowest BCUT2D eigenvalue weighted by atomic mass is 9.79. The SMILES string of the molecule is O=C1CCCOC(=O)[C@@H]2CCCC[C@@H]2C(=O)OCCOCCOCCO1. The molecule has 26 heavy (non-hydrogen) atoms. The Hall–Kier alpha value is -1.67. The third-order valence-corrected chi connectivity index (χ3v) is 4.48. The third kappa shape index (κ3) is 7.29. The third-order valence-electron chi connectivity index (χ3n) is 4.48. The quantitative estimate of drug-likeness (QED) is 0.463. The number of ether oxygens (including phenoxy) is 5.